The molecule has 5 rings (SSSR count). The number of hydrogen-bond donors (Lipinski definition) is 0. The van der Waals surface area contributed by atoms with Crippen LogP contribution in [0.3, 0.4) is 0 Å². The number of methoxy groups -OCH3 is 4. The Morgan fingerprint density at radius 1 is 0.917 bits per heavy atom. The minimum Gasteiger partial charge on any atom is -0.493 e. The van der Waals surface area contributed by atoms with Crippen LogP contribution in [0.15, 0.2) is 36.7 Å². The lowest BCUT2D eigenvalue weighted by molar-refractivity contribution is 0.352. The normalized spacial score (nSPS) is 15.1. The SMILES string of the molecule is COc1ccc(CC2c3cc(OC)c(OC)cc3CCN2c2nc(Cl)nc3c2ncn3C)cc1OC. The quantitative estimate of drug-likeness (QED) is 0.339. The number of ether oxygens (including phenoxy) is 4. The lowest BCUT2D eigenvalue weighted by atomic mass is 9.88. The predicted octanol–water partition coefficient (Wildman–Crippen LogP) is 4.40. The zero-order valence-electron chi connectivity index (χ0n) is 20.9. The van der Waals surface area contributed by atoms with Crippen LogP contribution in [-0.4, -0.2) is 54.5 Å². The standard InChI is InChI=1S/C26H28ClN5O4/c1-31-14-28-23-24(31)29-26(27)30-25(23)32-9-8-16-12-21(35-4)22(36-5)13-17(16)18(32)10-15-6-7-19(33-2)20(11-15)34-3/h6-7,11-14,18H,8-10H2,1-5H3. The molecule has 0 aliphatic carbocycles. The fourth-order valence-corrected chi connectivity index (χ4v) is 5.06. The summed E-state index contributed by atoms with van der Waals surface area (Å²) in [6.45, 7) is 0.722. The highest BCUT2D eigenvalue weighted by Gasteiger charge is 2.32. The topological polar surface area (TPSA) is 83.8 Å². The highest BCUT2D eigenvalue weighted by atomic mass is 35.5. The van der Waals surface area contributed by atoms with E-state index in [2.05, 4.69) is 38.1 Å². The van der Waals surface area contributed by atoms with Gasteiger partial charge in [0.05, 0.1) is 40.8 Å². The van der Waals surface area contributed by atoms with Crippen LogP contribution in [0.2, 0.25) is 5.28 Å². The van der Waals surface area contributed by atoms with E-state index in [1.165, 1.54) is 5.56 Å². The molecule has 0 saturated carbocycles. The molecule has 0 saturated heterocycles. The molecule has 1 unspecified atom stereocenters. The molecule has 0 N–H and O–H groups in total. The van der Waals surface area contributed by atoms with E-state index in [4.69, 9.17) is 30.5 Å². The molecule has 2 aromatic heterocycles. The molecule has 188 valence electrons. The molecule has 0 amide bonds. The van der Waals surface area contributed by atoms with Crippen molar-refractivity contribution in [3.8, 4) is 23.0 Å². The second kappa shape index (κ2) is 9.73. The van der Waals surface area contributed by atoms with Gasteiger partial charge in [0.1, 0.15) is 0 Å². The van der Waals surface area contributed by atoms with Crippen LogP contribution in [0, 0.1) is 0 Å². The van der Waals surface area contributed by atoms with Crippen molar-refractivity contribution in [3.05, 3.63) is 58.6 Å². The van der Waals surface area contributed by atoms with E-state index >= 15 is 0 Å². The van der Waals surface area contributed by atoms with Gasteiger partial charge in [0.2, 0.25) is 5.28 Å². The summed E-state index contributed by atoms with van der Waals surface area (Å²) in [6, 6.07) is 10.0. The second-order valence-corrected chi connectivity index (χ2v) is 8.94. The van der Waals surface area contributed by atoms with E-state index in [0.29, 0.717) is 46.4 Å². The van der Waals surface area contributed by atoms with E-state index < -0.39 is 0 Å². The summed E-state index contributed by atoms with van der Waals surface area (Å²) < 4.78 is 24.1. The first kappa shape index (κ1) is 24.0. The molecule has 9 nitrogen and oxygen atoms in total. The summed E-state index contributed by atoms with van der Waals surface area (Å²) in [5, 5.41) is 0.184. The highest BCUT2D eigenvalue weighted by Crippen LogP contribution is 2.42. The number of imidazole rings is 1. The molecule has 2 aromatic carbocycles. The van der Waals surface area contributed by atoms with Gasteiger partial charge in [0, 0.05) is 13.6 Å². The monoisotopic (exact) mass is 509 g/mol. The van der Waals surface area contributed by atoms with Gasteiger partial charge >= 0.3 is 0 Å². The first-order valence-corrected chi connectivity index (χ1v) is 11.9. The number of aryl methyl sites for hydroxylation is 1. The third kappa shape index (κ3) is 4.13. The fraction of sp³-hybridized carbons (Fsp3) is 0.346. The van der Waals surface area contributed by atoms with E-state index in [1.807, 2.05) is 23.7 Å². The number of nitrogens with zero attached hydrogens (tertiary/aromatic N) is 5. The average Bonchev–Trinajstić information content (AvgIpc) is 3.27. The zero-order chi connectivity index (χ0) is 25.4. The van der Waals surface area contributed by atoms with Crippen molar-refractivity contribution in [1.82, 2.24) is 19.5 Å². The summed E-state index contributed by atoms with van der Waals surface area (Å²) in [4.78, 5) is 15.9. The predicted molar refractivity (Wildman–Crippen MR) is 138 cm³/mol. The van der Waals surface area contributed by atoms with Crippen LogP contribution in [0.5, 0.6) is 23.0 Å². The summed E-state index contributed by atoms with van der Waals surface area (Å²) in [7, 11) is 8.47. The average molecular weight is 510 g/mol. The van der Waals surface area contributed by atoms with Crippen molar-refractivity contribution in [3.63, 3.8) is 0 Å². The van der Waals surface area contributed by atoms with Crippen molar-refractivity contribution in [2.24, 2.45) is 7.05 Å². The number of rotatable bonds is 7. The molecule has 4 aromatic rings. The second-order valence-electron chi connectivity index (χ2n) is 8.60. The molecule has 1 aliphatic rings. The van der Waals surface area contributed by atoms with Gasteiger partial charge in [-0.1, -0.05) is 6.07 Å². The summed E-state index contributed by atoms with van der Waals surface area (Å²) in [6.07, 6.45) is 3.21. The van der Waals surface area contributed by atoms with Crippen LogP contribution in [0.25, 0.3) is 11.2 Å². The molecule has 1 aliphatic heterocycles. The van der Waals surface area contributed by atoms with Crippen LogP contribution < -0.4 is 23.8 Å². The fourth-order valence-electron chi connectivity index (χ4n) is 4.90. The number of fused-ring (bicyclic) bond motifs is 2. The Morgan fingerprint density at radius 2 is 1.61 bits per heavy atom. The van der Waals surface area contributed by atoms with Crippen molar-refractivity contribution >= 4 is 28.6 Å². The van der Waals surface area contributed by atoms with E-state index in [9.17, 15) is 0 Å². The minimum atomic E-state index is -0.0807. The van der Waals surface area contributed by atoms with E-state index in [-0.39, 0.29) is 11.3 Å². The Morgan fingerprint density at radius 3 is 2.33 bits per heavy atom. The van der Waals surface area contributed by atoms with E-state index in [1.54, 1.807) is 34.8 Å². The van der Waals surface area contributed by atoms with Crippen LogP contribution in [0.1, 0.15) is 22.7 Å². The molecule has 36 heavy (non-hydrogen) atoms. The van der Waals surface area contributed by atoms with Crippen LogP contribution in [-0.2, 0) is 19.9 Å². The van der Waals surface area contributed by atoms with Gasteiger partial charge in [-0.3, -0.25) is 0 Å². The number of aromatic nitrogens is 4. The highest BCUT2D eigenvalue weighted by molar-refractivity contribution is 6.28. The third-order valence-corrected chi connectivity index (χ3v) is 6.83. The third-order valence-electron chi connectivity index (χ3n) is 6.67. The first-order chi connectivity index (χ1) is 17.5. The smallest absolute Gasteiger partial charge is 0.226 e. The molecule has 0 bridgehead atoms. The van der Waals surface area contributed by atoms with Gasteiger partial charge < -0.3 is 28.4 Å². The number of halogens is 1. The maximum atomic E-state index is 6.38. The Kier molecular flexibility index (Phi) is 6.49. The van der Waals surface area contributed by atoms with Gasteiger partial charge in [-0.15, -0.1) is 0 Å². The molecular formula is C26H28ClN5O4. The van der Waals surface area contributed by atoms with Gasteiger partial charge in [-0.05, 0) is 65.4 Å². The lowest BCUT2D eigenvalue weighted by Crippen LogP contribution is -2.37. The van der Waals surface area contributed by atoms with Crippen molar-refractivity contribution < 1.29 is 18.9 Å². The van der Waals surface area contributed by atoms with Crippen molar-refractivity contribution in [2.45, 2.75) is 18.9 Å². The van der Waals surface area contributed by atoms with E-state index in [0.717, 1.165) is 24.1 Å². The van der Waals surface area contributed by atoms with Crippen molar-refractivity contribution in [1.29, 1.82) is 0 Å². The zero-order valence-corrected chi connectivity index (χ0v) is 21.7. The largest absolute Gasteiger partial charge is 0.493 e. The number of benzene rings is 2. The molecule has 1 atom stereocenters. The Bertz CT molecular complexity index is 1420. The number of hydrogen-bond acceptors (Lipinski definition) is 8. The molecule has 3 heterocycles. The Hall–Kier alpha value is -3.72. The van der Waals surface area contributed by atoms with Crippen molar-refractivity contribution in [2.75, 3.05) is 39.9 Å². The summed E-state index contributed by atoms with van der Waals surface area (Å²) in [5.74, 6) is 3.47. The summed E-state index contributed by atoms with van der Waals surface area (Å²) in [5.41, 5.74) is 4.82. The molecule has 0 radical (unpaired) electrons. The van der Waals surface area contributed by atoms with Gasteiger partial charge in [-0.25, -0.2) is 4.98 Å². The lowest BCUT2D eigenvalue weighted by Gasteiger charge is -2.39. The molecular weight excluding hydrogens is 482 g/mol. The minimum absolute atomic E-state index is 0.0807. The summed E-state index contributed by atoms with van der Waals surface area (Å²) >= 11 is 6.38. The molecule has 0 spiro atoms. The Labute approximate surface area is 214 Å². The van der Waals surface area contributed by atoms with Gasteiger partial charge in [-0.2, -0.15) is 9.97 Å². The molecule has 10 heteroatoms. The van der Waals surface area contributed by atoms with Crippen LogP contribution >= 0.6 is 11.6 Å². The molecule has 0 fully saturated rings. The number of anilines is 1. The first-order valence-electron chi connectivity index (χ1n) is 11.5. The van der Waals surface area contributed by atoms with Gasteiger partial charge in [0.15, 0.2) is 40.0 Å². The van der Waals surface area contributed by atoms with Crippen LogP contribution in [0.4, 0.5) is 5.82 Å². The van der Waals surface area contributed by atoms with Gasteiger partial charge in [0.25, 0.3) is 0 Å². The maximum Gasteiger partial charge on any atom is 0.226 e. The Balaban J connectivity index is 1.67. The maximum absolute atomic E-state index is 6.38.